The van der Waals surface area contributed by atoms with Gasteiger partial charge in [0, 0.05) is 23.7 Å². The van der Waals surface area contributed by atoms with Crippen molar-refractivity contribution < 1.29 is 14.9 Å². The number of halogens is 1. The number of phenolic OH excluding ortho intramolecular Hbond substituents is 2. The quantitative estimate of drug-likeness (QED) is 0.650. The molecular formula is C18H14ClN3O3. The average molecular weight is 356 g/mol. The number of nitrogens with one attached hydrogen (secondary N) is 1. The van der Waals surface area contributed by atoms with Gasteiger partial charge in [-0.25, -0.2) is 0 Å². The molecule has 3 N–H and O–H groups in total. The summed E-state index contributed by atoms with van der Waals surface area (Å²) in [5.74, 6) is 0.280. The first-order valence-electron chi connectivity index (χ1n) is 7.30. The maximum Gasteiger partial charge on any atom is 0.162 e. The summed E-state index contributed by atoms with van der Waals surface area (Å²) in [4.78, 5) is 4.22. The van der Waals surface area contributed by atoms with E-state index in [0.717, 1.165) is 0 Å². The number of aryl methyl sites for hydroxylation is 1. The number of benzene rings is 2. The molecule has 7 heteroatoms. The van der Waals surface area contributed by atoms with Gasteiger partial charge < -0.3 is 20.3 Å². The highest BCUT2D eigenvalue weighted by Crippen LogP contribution is 2.38. The van der Waals surface area contributed by atoms with Crippen molar-refractivity contribution in [3.8, 4) is 23.3 Å². The lowest BCUT2D eigenvalue weighted by Gasteiger charge is -2.15. The van der Waals surface area contributed by atoms with Crippen LogP contribution in [0.25, 0.3) is 10.9 Å². The fourth-order valence-electron chi connectivity index (χ4n) is 2.48. The largest absolute Gasteiger partial charge is 0.508 e. The topological polar surface area (TPSA) is 98.4 Å². The van der Waals surface area contributed by atoms with Crippen molar-refractivity contribution in [3.05, 3.63) is 46.6 Å². The number of nitriles is 1. The van der Waals surface area contributed by atoms with Crippen LogP contribution >= 0.6 is 11.6 Å². The molecule has 0 atom stereocenters. The Morgan fingerprint density at radius 1 is 1.20 bits per heavy atom. The normalized spacial score (nSPS) is 10.5. The Bertz CT molecular complexity index is 1030. The number of aromatic hydroxyl groups is 2. The standard InChI is InChI=1S/C18H14ClN3O3/c1-9-3-12(19)14(5-15(9)23)22-18-10(7-20)8-21-13-6-17(25-2)16(24)4-11(13)18/h3-6,8,23-24H,1-2H3,(H,21,22). The first-order chi connectivity index (χ1) is 11.9. The highest BCUT2D eigenvalue weighted by Gasteiger charge is 2.15. The van der Waals surface area contributed by atoms with E-state index in [0.29, 0.717) is 32.9 Å². The second kappa shape index (κ2) is 6.38. The second-order valence-corrected chi connectivity index (χ2v) is 5.85. The van der Waals surface area contributed by atoms with E-state index in [2.05, 4.69) is 16.4 Å². The van der Waals surface area contributed by atoms with E-state index in [1.54, 1.807) is 19.1 Å². The maximum atomic E-state index is 10.1. The molecule has 25 heavy (non-hydrogen) atoms. The Kier molecular flexibility index (Phi) is 4.26. The van der Waals surface area contributed by atoms with Crippen LogP contribution < -0.4 is 10.1 Å². The van der Waals surface area contributed by atoms with E-state index >= 15 is 0 Å². The lowest BCUT2D eigenvalue weighted by atomic mass is 10.1. The van der Waals surface area contributed by atoms with Gasteiger partial charge in [0.2, 0.25) is 0 Å². The molecule has 3 rings (SSSR count). The van der Waals surface area contributed by atoms with E-state index in [1.165, 1.54) is 25.4 Å². The lowest BCUT2D eigenvalue weighted by Crippen LogP contribution is -1.98. The van der Waals surface area contributed by atoms with Crippen LogP contribution in [-0.4, -0.2) is 22.3 Å². The SMILES string of the molecule is COc1cc2ncc(C#N)c(Nc3cc(O)c(C)cc3Cl)c2cc1O. The number of fused-ring (bicyclic) bond motifs is 1. The van der Waals surface area contributed by atoms with Gasteiger partial charge in [-0.2, -0.15) is 5.26 Å². The summed E-state index contributed by atoms with van der Waals surface area (Å²) >= 11 is 6.24. The second-order valence-electron chi connectivity index (χ2n) is 5.44. The molecule has 0 unspecified atom stereocenters. The monoisotopic (exact) mass is 355 g/mol. The molecule has 6 nitrogen and oxygen atoms in total. The van der Waals surface area contributed by atoms with Crippen molar-refractivity contribution >= 4 is 33.9 Å². The number of hydrogen-bond acceptors (Lipinski definition) is 6. The Balaban J connectivity index is 2.22. The van der Waals surface area contributed by atoms with Crippen molar-refractivity contribution in [1.82, 2.24) is 4.98 Å². The van der Waals surface area contributed by atoms with E-state index in [1.807, 2.05) is 0 Å². The summed E-state index contributed by atoms with van der Waals surface area (Å²) < 4.78 is 5.09. The fourth-order valence-corrected chi connectivity index (χ4v) is 2.75. The number of aromatic nitrogens is 1. The minimum Gasteiger partial charge on any atom is -0.508 e. The lowest BCUT2D eigenvalue weighted by molar-refractivity contribution is 0.374. The van der Waals surface area contributed by atoms with E-state index in [9.17, 15) is 15.5 Å². The van der Waals surface area contributed by atoms with Crippen LogP contribution in [0.15, 0.2) is 30.5 Å². The minimum atomic E-state index is -0.0761. The summed E-state index contributed by atoms with van der Waals surface area (Å²) in [7, 11) is 1.44. The number of ether oxygens (including phenoxy) is 1. The molecule has 0 aliphatic carbocycles. The first kappa shape index (κ1) is 16.7. The molecule has 1 heterocycles. The van der Waals surface area contributed by atoms with Crippen LogP contribution in [-0.2, 0) is 0 Å². The number of anilines is 2. The van der Waals surface area contributed by atoms with Gasteiger partial charge in [0.05, 0.1) is 34.6 Å². The van der Waals surface area contributed by atoms with Crippen LogP contribution in [0.2, 0.25) is 5.02 Å². The zero-order valence-electron chi connectivity index (χ0n) is 13.5. The van der Waals surface area contributed by atoms with Gasteiger partial charge in [0.15, 0.2) is 11.5 Å². The van der Waals surface area contributed by atoms with Crippen molar-refractivity contribution in [2.24, 2.45) is 0 Å². The van der Waals surface area contributed by atoms with E-state index in [-0.39, 0.29) is 22.8 Å². The number of pyridine rings is 1. The highest BCUT2D eigenvalue weighted by molar-refractivity contribution is 6.33. The van der Waals surface area contributed by atoms with E-state index < -0.39 is 0 Å². The molecule has 2 aromatic carbocycles. The van der Waals surface area contributed by atoms with Gasteiger partial charge >= 0.3 is 0 Å². The van der Waals surface area contributed by atoms with Crippen LogP contribution in [0.5, 0.6) is 17.2 Å². The summed E-state index contributed by atoms with van der Waals surface area (Å²) in [5, 5.41) is 33.4. The molecule has 0 radical (unpaired) electrons. The fraction of sp³-hybridized carbons (Fsp3) is 0.111. The van der Waals surface area contributed by atoms with E-state index in [4.69, 9.17) is 16.3 Å². The molecule has 0 saturated heterocycles. The molecule has 0 bridgehead atoms. The molecule has 0 spiro atoms. The zero-order chi connectivity index (χ0) is 18.1. The van der Waals surface area contributed by atoms with Crippen molar-refractivity contribution in [3.63, 3.8) is 0 Å². The molecule has 1 aromatic heterocycles. The molecule has 0 aliphatic heterocycles. The van der Waals surface area contributed by atoms with Gasteiger partial charge in [-0.05, 0) is 24.6 Å². The van der Waals surface area contributed by atoms with Crippen molar-refractivity contribution in [2.75, 3.05) is 12.4 Å². The average Bonchev–Trinajstić information content (AvgIpc) is 2.59. The summed E-state index contributed by atoms with van der Waals surface area (Å²) in [6, 6.07) is 8.20. The maximum absolute atomic E-state index is 10.1. The Morgan fingerprint density at radius 3 is 2.64 bits per heavy atom. The molecule has 0 aliphatic rings. The third kappa shape index (κ3) is 2.97. The van der Waals surface area contributed by atoms with Gasteiger partial charge in [0.1, 0.15) is 11.8 Å². The minimum absolute atomic E-state index is 0.0761. The number of methoxy groups -OCH3 is 1. The summed E-state index contributed by atoms with van der Waals surface area (Å²) in [6.07, 6.45) is 1.42. The van der Waals surface area contributed by atoms with Crippen LogP contribution in [0.3, 0.4) is 0 Å². The first-order valence-corrected chi connectivity index (χ1v) is 7.68. The highest BCUT2D eigenvalue weighted by atomic mass is 35.5. The third-order valence-electron chi connectivity index (χ3n) is 3.83. The van der Waals surface area contributed by atoms with Gasteiger partial charge in [-0.1, -0.05) is 11.6 Å². The summed E-state index contributed by atoms with van der Waals surface area (Å²) in [5.41, 5.74) is 2.30. The Labute approximate surface area is 148 Å². The zero-order valence-corrected chi connectivity index (χ0v) is 14.2. The predicted octanol–water partition coefficient (Wildman–Crippen LogP) is 4.23. The van der Waals surface area contributed by atoms with Gasteiger partial charge in [-0.15, -0.1) is 0 Å². The van der Waals surface area contributed by atoms with Gasteiger partial charge in [-0.3, -0.25) is 4.98 Å². The van der Waals surface area contributed by atoms with Crippen LogP contribution in [0.4, 0.5) is 11.4 Å². The number of phenols is 2. The summed E-state index contributed by atoms with van der Waals surface area (Å²) in [6.45, 7) is 1.73. The smallest absolute Gasteiger partial charge is 0.162 e. The van der Waals surface area contributed by atoms with Crippen LogP contribution in [0.1, 0.15) is 11.1 Å². The molecule has 126 valence electrons. The van der Waals surface area contributed by atoms with Crippen LogP contribution in [0, 0.1) is 18.3 Å². The van der Waals surface area contributed by atoms with Crippen molar-refractivity contribution in [1.29, 1.82) is 5.26 Å². The molecule has 3 aromatic rings. The molecular weight excluding hydrogens is 342 g/mol. The van der Waals surface area contributed by atoms with Gasteiger partial charge in [0.25, 0.3) is 0 Å². The third-order valence-corrected chi connectivity index (χ3v) is 4.15. The molecule has 0 fully saturated rings. The number of rotatable bonds is 3. The van der Waals surface area contributed by atoms with Crippen molar-refractivity contribution in [2.45, 2.75) is 6.92 Å². The molecule has 0 saturated carbocycles. The Morgan fingerprint density at radius 2 is 1.96 bits per heavy atom. The predicted molar refractivity (Wildman–Crippen MR) is 95.8 cm³/mol. The molecule has 0 amide bonds. The number of hydrogen-bond donors (Lipinski definition) is 3. The Hall–Kier alpha value is -3.17. The number of nitrogens with zero attached hydrogens (tertiary/aromatic N) is 2.